The first-order chi connectivity index (χ1) is 11.3. The van der Waals surface area contributed by atoms with E-state index in [4.69, 9.17) is 0 Å². The molecule has 0 bridgehead atoms. The van der Waals surface area contributed by atoms with Gasteiger partial charge in [0.15, 0.2) is 8.46 Å². The third-order valence-corrected chi connectivity index (χ3v) is 6.28. The van der Waals surface area contributed by atoms with Gasteiger partial charge in [-0.1, -0.05) is 117 Å². The van der Waals surface area contributed by atoms with E-state index in [1.54, 1.807) is 0 Å². The fourth-order valence-corrected chi connectivity index (χ4v) is 4.46. The Morgan fingerprint density at radius 1 is 0.609 bits per heavy atom. The molecule has 0 aliphatic carbocycles. The van der Waals surface area contributed by atoms with E-state index in [0.717, 1.165) is 6.42 Å². The van der Waals surface area contributed by atoms with Crippen molar-refractivity contribution in [1.29, 1.82) is 0 Å². The summed E-state index contributed by atoms with van der Waals surface area (Å²) in [6, 6.07) is 0. The monoisotopic (exact) mass is 342 g/mol. The van der Waals surface area contributed by atoms with E-state index in [1.165, 1.54) is 96.3 Å². The van der Waals surface area contributed by atoms with Gasteiger partial charge in [-0.15, -0.1) is 0 Å². The van der Waals surface area contributed by atoms with Gasteiger partial charge in [0, 0.05) is 5.66 Å². The molecule has 1 nitrogen and oxygen atoms in total. The Morgan fingerprint density at radius 2 is 1.00 bits per heavy atom. The van der Waals surface area contributed by atoms with Crippen molar-refractivity contribution in [2.75, 3.05) is 0 Å². The summed E-state index contributed by atoms with van der Waals surface area (Å²) in [5.41, 5.74) is 0.415. The lowest BCUT2D eigenvalue weighted by Gasteiger charge is -2.18. The molecule has 0 aromatic rings. The Morgan fingerprint density at radius 3 is 1.35 bits per heavy atom. The van der Waals surface area contributed by atoms with E-state index in [0.29, 0.717) is 20.0 Å². The van der Waals surface area contributed by atoms with Gasteiger partial charge < -0.3 is 0 Å². The maximum atomic E-state index is 11.3. The van der Waals surface area contributed by atoms with Crippen LogP contribution in [0.15, 0.2) is 0 Å². The molecule has 0 aliphatic rings. The van der Waals surface area contributed by atoms with Gasteiger partial charge in [0.2, 0.25) is 0 Å². The largest absolute Gasteiger partial charge is 0.275 e. The number of rotatable bonds is 18. The predicted octanol–water partition coefficient (Wildman–Crippen LogP) is 8.56. The molecule has 0 amide bonds. The van der Waals surface area contributed by atoms with Crippen LogP contribution in [0, 0.1) is 5.92 Å². The molecule has 0 heterocycles. The smallest absolute Gasteiger partial charge is 0.158 e. The van der Waals surface area contributed by atoms with Crippen molar-refractivity contribution in [2.24, 2.45) is 5.92 Å². The van der Waals surface area contributed by atoms with Gasteiger partial charge in [0.05, 0.1) is 0 Å². The van der Waals surface area contributed by atoms with Gasteiger partial charge in [-0.3, -0.25) is 4.57 Å². The first-order valence-electron chi connectivity index (χ1n) is 10.6. The highest BCUT2D eigenvalue weighted by Crippen LogP contribution is 2.28. The van der Waals surface area contributed by atoms with Gasteiger partial charge in [-0.05, 0) is 12.3 Å². The average Bonchev–Trinajstić information content (AvgIpc) is 2.58. The van der Waals surface area contributed by atoms with E-state index in [1.807, 2.05) is 0 Å². The van der Waals surface area contributed by atoms with Crippen molar-refractivity contribution < 1.29 is 4.57 Å². The van der Waals surface area contributed by atoms with E-state index in [9.17, 15) is 4.57 Å². The van der Waals surface area contributed by atoms with Crippen molar-refractivity contribution in [1.82, 2.24) is 0 Å². The highest BCUT2D eigenvalue weighted by molar-refractivity contribution is 7.24. The van der Waals surface area contributed by atoms with Crippen LogP contribution in [0.3, 0.4) is 0 Å². The van der Waals surface area contributed by atoms with Crippen LogP contribution in [-0.2, 0) is 4.57 Å². The molecule has 0 N–H and O–H groups in total. The van der Waals surface area contributed by atoms with Crippen molar-refractivity contribution in [3.63, 3.8) is 0 Å². The van der Waals surface area contributed by atoms with Gasteiger partial charge >= 0.3 is 0 Å². The van der Waals surface area contributed by atoms with Gasteiger partial charge in [-0.25, -0.2) is 0 Å². The zero-order valence-corrected chi connectivity index (χ0v) is 17.2. The Labute approximate surface area is 148 Å². The van der Waals surface area contributed by atoms with E-state index in [-0.39, 0.29) is 0 Å². The van der Waals surface area contributed by atoms with Crippen LogP contribution in [0.2, 0.25) is 0 Å². The van der Waals surface area contributed by atoms with E-state index < -0.39 is 0 Å². The summed E-state index contributed by atoms with van der Waals surface area (Å²) < 4.78 is 11.3. The standard InChI is InChI=1S/C21H43OP/c1-4-7-8-9-10-11-12-13-14-15-16-17-18-19-21(23-22)20(5-2)6-3/h20-21H,4-19H2,1-3H3. The summed E-state index contributed by atoms with van der Waals surface area (Å²) in [7, 11) is 0.383. The molecule has 0 aromatic heterocycles. The minimum absolute atomic E-state index is 0.383. The Kier molecular flexibility index (Phi) is 18.5. The summed E-state index contributed by atoms with van der Waals surface area (Å²) in [5.74, 6) is 0.659. The van der Waals surface area contributed by atoms with Crippen LogP contribution in [0.5, 0.6) is 0 Å². The molecule has 138 valence electrons. The minimum atomic E-state index is 0.383. The molecule has 0 radical (unpaired) electrons. The topological polar surface area (TPSA) is 17.1 Å². The third kappa shape index (κ3) is 14.2. The van der Waals surface area contributed by atoms with Crippen LogP contribution in [-0.4, -0.2) is 5.66 Å². The Balaban J connectivity index is 3.31. The van der Waals surface area contributed by atoms with Gasteiger partial charge in [0.25, 0.3) is 0 Å². The molecular weight excluding hydrogens is 299 g/mol. The van der Waals surface area contributed by atoms with Crippen LogP contribution in [0.1, 0.15) is 124 Å². The molecule has 0 spiro atoms. The second kappa shape index (κ2) is 18.4. The van der Waals surface area contributed by atoms with Crippen LogP contribution >= 0.6 is 8.46 Å². The Bertz CT molecular complexity index is 238. The molecular formula is C21H43OP. The normalized spacial score (nSPS) is 13.0. The predicted molar refractivity (Wildman–Crippen MR) is 106 cm³/mol. The minimum Gasteiger partial charge on any atom is -0.275 e. The zero-order chi connectivity index (χ0) is 17.2. The van der Waals surface area contributed by atoms with Crippen LogP contribution in [0.25, 0.3) is 0 Å². The maximum absolute atomic E-state index is 11.3. The first kappa shape index (κ1) is 23.1. The molecule has 1 unspecified atom stereocenters. The summed E-state index contributed by atoms with van der Waals surface area (Å²) in [5, 5.41) is 0. The second-order valence-corrected chi connectivity index (χ2v) is 8.15. The lowest BCUT2D eigenvalue weighted by atomic mass is 9.95. The molecule has 0 rings (SSSR count). The van der Waals surface area contributed by atoms with Gasteiger partial charge in [0.1, 0.15) is 0 Å². The molecule has 0 fully saturated rings. The first-order valence-corrected chi connectivity index (χ1v) is 11.5. The van der Waals surface area contributed by atoms with E-state index in [2.05, 4.69) is 20.8 Å². The van der Waals surface area contributed by atoms with Crippen molar-refractivity contribution in [2.45, 2.75) is 129 Å². The fourth-order valence-electron chi connectivity index (χ4n) is 3.58. The highest BCUT2D eigenvalue weighted by atomic mass is 31.1. The molecule has 1 atom stereocenters. The lowest BCUT2D eigenvalue weighted by molar-refractivity contribution is 0.427. The SMILES string of the molecule is CCCCCCCCCCCCCCCC(P=O)C(CC)CC. The molecule has 23 heavy (non-hydrogen) atoms. The number of unbranched alkanes of at least 4 members (excludes halogenated alkanes) is 12. The van der Waals surface area contributed by atoms with Crippen molar-refractivity contribution >= 4 is 8.46 Å². The summed E-state index contributed by atoms with van der Waals surface area (Å²) in [6.45, 7) is 6.75. The van der Waals surface area contributed by atoms with E-state index >= 15 is 0 Å². The summed E-state index contributed by atoms with van der Waals surface area (Å²) in [4.78, 5) is 0. The third-order valence-electron chi connectivity index (χ3n) is 5.33. The van der Waals surface area contributed by atoms with Crippen molar-refractivity contribution in [3.8, 4) is 0 Å². The van der Waals surface area contributed by atoms with Crippen molar-refractivity contribution in [3.05, 3.63) is 0 Å². The average molecular weight is 343 g/mol. The lowest BCUT2D eigenvalue weighted by Crippen LogP contribution is -2.13. The summed E-state index contributed by atoms with van der Waals surface area (Å²) in [6.07, 6.45) is 21.8. The Hall–Kier alpha value is 0.100. The van der Waals surface area contributed by atoms with Crippen LogP contribution in [0.4, 0.5) is 0 Å². The highest BCUT2D eigenvalue weighted by Gasteiger charge is 2.17. The fraction of sp³-hybridized carbons (Fsp3) is 1.00. The molecule has 0 saturated carbocycles. The molecule has 2 heteroatoms. The van der Waals surface area contributed by atoms with Crippen LogP contribution < -0.4 is 0 Å². The summed E-state index contributed by atoms with van der Waals surface area (Å²) >= 11 is 0. The second-order valence-electron chi connectivity index (χ2n) is 7.28. The molecule has 0 aromatic carbocycles. The number of hydrogen-bond acceptors (Lipinski definition) is 1. The quantitative estimate of drug-likeness (QED) is 0.180. The van der Waals surface area contributed by atoms with Gasteiger partial charge in [-0.2, -0.15) is 0 Å². The maximum Gasteiger partial charge on any atom is 0.158 e. The zero-order valence-electron chi connectivity index (χ0n) is 16.3. The molecule has 0 saturated heterocycles. The molecule has 0 aliphatic heterocycles. The number of hydrogen-bond donors (Lipinski definition) is 0.